The Balaban J connectivity index is 1.89. The summed E-state index contributed by atoms with van der Waals surface area (Å²) in [6.45, 7) is 3.21. The highest BCUT2D eigenvalue weighted by Gasteiger charge is 2.28. The molecule has 0 aromatic heterocycles. The lowest BCUT2D eigenvalue weighted by Gasteiger charge is -2.30. The Hall–Kier alpha value is -2.41. The van der Waals surface area contributed by atoms with Crippen LogP contribution in [-0.4, -0.2) is 62.3 Å². The number of methoxy groups -OCH3 is 1. The Bertz CT molecular complexity index is 668. The number of hydrogen-bond donors (Lipinski definition) is 1. The molecular weight excluding hydrogens is 310 g/mol. The lowest BCUT2D eigenvalue weighted by atomic mass is 10.1. The molecule has 0 unspecified atom stereocenters. The summed E-state index contributed by atoms with van der Waals surface area (Å²) in [5.74, 6) is 0.162. The zero-order valence-corrected chi connectivity index (χ0v) is 13.7. The summed E-state index contributed by atoms with van der Waals surface area (Å²) in [4.78, 5) is 39.6. The van der Waals surface area contributed by atoms with Crippen molar-refractivity contribution in [3.8, 4) is 5.75 Å². The number of piperidine rings is 1. The monoisotopic (exact) mass is 331 g/mol. The molecule has 7 heteroatoms. The minimum absolute atomic E-state index is 0.0525. The highest BCUT2D eigenvalue weighted by atomic mass is 16.5. The molecule has 0 bridgehead atoms. The van der Waals surface area contributed by atoms with Crippen LogP contribution in [0.15, 0.2) is 18.2 Å². The van der Waals surface area contributed by atoms with Crippen LogP contribution >= 0.6 is 0 Å². The summed E-state index contributed by atoms with van der Waals surface area (Å²) in [5, 5.41) is 3.21. The molecule has 1 aromatic carbocycles. The van der Waals surface area contributed by atoms with Gasteiger partial charge in [0.25, 0.3) is 5.91 Å². The largest absolute Gasteiger partial charge is 0.495 e. The second kappa shape index (κ2) is 7.00. The van der Waals surface area contributed by atoms with Crippen molar-refractivity contribution in [2.45, 2.75) is 12.8 Å². The van der Waals surface area contributed by atoms with Crippen molar-refractivity contribution < 1.29 is 19.1 Å². The van der Waals surface area contributed by atoms with E-state index >= 15 is 0 Å². The number of anilines is 1. The van der Waals surface area contributed by atoms with Gasteiger partial charge in [-0.2, -0.15) is 0 Å². The average Bonchev–Trinajstić information content (AvgIpc) is 2.61. The summed E-state index contributed by atoms with van der Waals surface area (Å²) >= 11 is 0. The van der Waals surface area contributed by atoms with Crippen LogP contribution < -0.4 is 15.0 Å². The third-order valence-corrected chi connectivity index (χ3v) is 4.38. The number of carbonyl (C=O) groups excluding carboxylic acids is 3. The molecule has 128 valence electrons. The first kappa shape index (κ1) is 16.4. The SMILES string of the molecule is COc1ccc(C(=O)N2CCNCC2)cc1N1CCC(=O)CC1=O. The van der Waals surface area contributed by atoms with E-state index in [1.807, 2.05) is 0 Å². The maximum absolute atomic E-state index is 12.7. The highest BCUT2D eigenvalue weighted by Crippen LogP contribution is 2.32. The van der Waals surface area contributed by atoms with Gasteiger partial charge in [0, 0.05) is 44.7 Å². The molecule has 0 spiro atoms. The van der Waals surface area contributed by atoms with E-state index in [0.717, 1.165) is 13.1 Å². The van der Waals surface area contributed by atoms with Gasteiger partial charge in [-0.1, -0.05) is 0 Å². The molecule has 2 fully saturated rings. The Morgan fingerprint density at radius 1 is 1.17 bits per heavy atom. The van der Waals surface area contributed by atoms with Gasteiger partial charge in [0.2, 0.25) is 5.91 Å². The smallest absolute Gasteiger partial charge is 0.254 e. The molecule has 1 aromatic rings. The van der Waals surface area contributed by atoms with Crippen LogP contribution in [0.3, 0.4) is 0 Å². The van der Waals surface area contributed by atoms with Gasteiger partial charge in [0.05, 0.1) is 19.2 Å². The lowest BCUT2D eigenvalue weighted by Crippen LogP contribution is -2.46. The summed E-state index contributed by atoms with van der Waals surface area (Å²) in [6, 6.07) is 5.11. The van der Waals surface area contributed by atoms with Crippen molar-refractivity contribution in [2.24, 2.45) is 0 Å². The van der Waals surface area contributed by atoms with E-state index in [2.05, 4.69) is 5.32 Å². The third-order valence-electron chi connectivity index (χ3n) is 4.38. The normalized spacial score (nSPS) is 18.7. The Kier molecular flexibility index (Phi) is 4.80. The zero-order chi connectivity index (χ0) is 17.1. The number of amides is 2. The molecule has 2 aliphatic heterocycles. The van der Waals surface area contributed by atoms with Crippen LogP contribution in [0.25, 0.3) is 0 Å². The van der Waals surface area contributed by atoms with E-state index in [0.29, 0.717) is 43.1 Å². The Morgan fingerprint density at radius 2 is 1.92 bits per heavy atom. The Morgan fingerprint density at radius 3 is 2.58 bits per heavy atom. The van der Waals surface area contributed by atoms with Crippen LogP contribution in [0.5, 0.6) is 5.75 Å². The predicted octanol–water partition coefficient (Wildman–Crippen LogP) is 0.436. The quantitative estimate of drug-likeness (QED) is 0.813. The number of ketones is 1. The van der Waals surface area contributed by atoms with Gasteiger partial charge in [-0.3, -0.25) is 14.4 Å². The van der Waals surface area contributed by atoms with Crippen molar-refractivity contribution in [2.75, 3.05) is 44.7 Å². The first-order valence-electron chi connectivity index (χ1n) is 8.10. The fourth-order valence-electron chi connectivity index (χ4n) is 3.05. The number of nitrogens with zero attached hydrogens (tertiary/aromatic N) is 2. The molecule has 24 heavy (non-hydrogen) atoms. The number of piperazine rings is 1. The van der Waals surface area contributed by atoms with E-state index in [-0.39, 0.29) is 24.0 Å². The second-order valence-corrected chi connectivity index (χ2v) is 5.94. The summed E-state index contributed by atoms with van der Waals surface area (Å²) in [7, 11) is 1.52. The number of ether oxygens (including phenoxy) is 1. The molecule has 2 heterocycles. The number of hydrogen-bond acceptors (Lipinski definition) is 5. The third kappa shape index (κ3) is 3.26. The van der Waals surface area contributed by atoms with Gasteiger partial charge in [0.1, 0.15) is 11.5 Å². The van der Waals surface area contributed by atoms with Crippen LogP contribution in [0.1, 0.15) is 23.2 Å². The van der Waals surface area contributed by atoms with E-state index in [1.54, 1.807) is 23.1 Å². The molecule has 2 saturated heterocycles. The molecule has 2 amide bonds. The van der Waals surface area contributed by atoms with Crippen molar-refractivity contribution in [1.29, 1.82) is 0 Å². The molecule has 7 nitrogen and oxygen atoms in total. The fourth-order valence-corrected chi connectivity index (χ4v) is 3.05. The van der Waals surface area contributed by atoms with Crippen molar-refractivity contribution in [3.63, 3.8) is 0 Å². The van der Waals surface area contributed by atoms with E-state index in [9.17, 15) is 14.4 Å². The van der Waals surface area contributed by atoms with Crippen LogP contribution in [0.4, 0.5) is 5.69 Å². The maximum atomic E-state index is 12.7. The average molecular weight is 331 g/mol. The summed E-state index contributed by atoms with van der Waals surface area (Å²) < 4.78 is 5.34. The summed E-state index contributed by atoms with van der Waals surface area (Å²) in [5.41, 5.74) is 1.08. The lowest BCUT2D eigenvalue weighted by molar-refractivity contribution is -0.128. The Labute approximate surface area is 140 Å². The molecule has 3 rings (SSSR count). The zero-order valence-electron chi connectivity index (χ0n) is 13.7. The number of carbonyl (C=O) groups is 3. The summed E-state index contributed by atoms with van der Waals surface area (Å²) in [6.07, 6.45) is 0.226. The van der Waals surface area contributed by atoms with Gasteiger partial charge >= 0.3 is 0 Å². The highest BCUT2D eigenvalue weighted by molar-refractivity contribution is 6.09. The van der Waals surface area contributed by atoms with Crippen LogP contribution in [0, 0.1) is 0 Å². The molecule has 1 N–H and O–H groups in total. The van der Waals surface area contributed by atoms with E-state index < -0.39 is 0 Å². The molecule has 0 atom stereocenters. The van der Waals surface area contributed by atoms with Crippen LogP contribution in [-0.2, 0) is 9.59 Å². The first-order chi connectivity index (χ1) is 11.6. The van der Waals surface area contributed by atoms with Gasteiger partial charge in [0.15, 0.2) is 0 Å². The maximum Gasteiger partial charge on any atom is 0.254 e. The molecular formula is C17H21N3O4. The molecule has 2 aliphatic rings. The van der Waals surface area contributed by atoms with Crippen molar-refractivity contribution >= 4 is 23.3 Å². The molecule has 0 aliphatic carbocycles. The van der Waals surface area contributed by atoms with Crippen molar-refractivity contribution in [3.05, 3.63) is 23.8 Å². The minimum Gasteiger partial charge on any atom is -0.495 e. The van der Waals surface area contributed by atoms with Gasteiger partial charge in [-0.15, -0.1) is 0 Å². The second-order valence-electron chi connectivity index (χ2n) is 5.94. The van der Waals surface area contributed by atoms with E-state index in [1.165, 1.54) is 12.0 Å². The number of nitrogens with one attached hydrogen (secondary N) is 1. The minimum atomic E-state index is -0.253. The fraction of sp³-hybridized carbons (Fsp3) is 0.471. The topological polar surface area (TPSA) is 79.0 Å². The molecule has 0 saturated carbocycles. The van der Waals surface area contributed by atoms with Gasteiger partial charge in [-0.05, 0) is 18.2 Å². The number of benzene rings is 1. The van der Waals surface area contributed by atoms with Gasteiger partial charge in [-0.25, -0.2) is 0 Å². The predicted molar refractivity (Wildman–Crippen MR) is 88.4 cm³/mol. The number of Topliss-reactive ketones (excluding diaryl/α,β-unsaturated/α-hetero) is 1. The molecule has 0 radical (unpaired) electrons. The van der Waals surface area contributed by atoms with Crippen molar-refractivity contribution in [1.82, 2.24) is 10.2 Å². The van der Waals surface area contributed by atoms with Gasteiger partial charge < -0.3 is 19.9 Å². The first-order valence-corrected chi connectivity index (χ1v) is 8.10. The number of rotatable bonds is 3. The van der Waals surface area contributed by atoms with Crippen LogP contribution in [0.2, 0.25) is 0 Å². The van der Waals surface area contributed by atoms with E-state index in [4.69, 9.17) is 4.74 Å². The standard InChI is InChI=1S/C17H21N3O4/c1-24-15-3-2-12(17(23)19-8-5-18-6-9-19)10-14(15)20-7-4-13(21)11-16(20)22/h2-3,10,18H,4-9,11H2,1H3.